The van der Waals surface area contributed by atoms with E-state index in [2.05, 4.69) is 20.7 Å². The second-order valence-corrected chi connectivity index (χ2v) is 8.24. The zero-order valence-corrected chi connectivity index (χ0v) is 19.4. The first-order chi connectivity index (χ1) is 17.1. The molecule has 0 atom stereocenters. The van der Waals surface area contributed by atoms with Crippen LogP contribution in [0.4, 0.5) is 4.39 Å². The Kier molecular flexibility index (Phi) is 6.64. The third kappa shape index (κ3) is 5.14. The van der Waals surface area contributed by atoms with Gasteiger partial charge in [0.1, 0.15) is 17.2 Å². The Balaban J connectivity index is 1.54. The first kappa shape index (κ1) is 24.3. The van der Waals surface area contributed by atoms with Crippen LogP contribution in [0.2, 0.25) is 0 Å². The number of carbonyl (C=O) groups excluding carboxylic acids is 2. The molecule has 0 radical (unpaired) electrons. The number of amides is 2. The van der Waals surface area contributed by atoms with E-state index in [9.17, 15) is 23.6 Å². The Morgan fingerprint density at radius 2 is 1.58 bits per heavy atom. The number of aromatic amines is 1. The number of benzene rings is 2. The van der Waals surface area contributed by atoms with Crippen LogP contribution < -0.4 is 16.2 Å². The largest absolute Gasteiger partial charge is 0.478 e. The van der Waals surface area contributed by atoms with Gasteiger partial charge in [-0.15, -0.1) is 0 Å². The van der Waals surface area contributed by atoms with Crippen molar-refractivity contribution in [1.82, 2.24) is 25.2 Å². The molecule has 0 spiro atoms. The number of aromatic nitrogens is 3. The van der Waals surface area contributed by atoms with Crippen LogP contribution in [0.5, 0.6) is 0 Å². The maximum atomic E-state index is 13.5. The first-order valence-corrected chi connectivity index (χ1v) is 10.9. The molecule has 4 rings (SSSR count). The topological polar surface area (TPSA) is 146 Å². The summed E-state index contributed by atoms with van der Waals surface area (Å²) >= 11 is 0. The average molecular weight is 491 g/mol. The van der Waals surface area contributed by atoms with E-state index < -0.39 is 23.3 Å². The van der Waals surface area contributed by atoms with Crippen LogP contribution in [0.15, 0.2) is 53.3 Å². The molecule has 0 saturated carbocycles. The van der Waals surface area contributed by atoms with Gasteiger partial charge in [-0.05, 0) is 48.2 Å². The van der Waals surface area contributed by atoms with E-state index in [0.29, 0.717) is 22.3 Å². The van der Waals surface area contributed by atoms with Gasteiger partial charge in [-0.25, -0.2) is 18.7 Å². The van der Waals surface area contributed by atoms with Gasteiger partial charge in [-0.3, -0.25) is 19.5 Å². The molecule has 0 aliphatic rings. The van der Waals surface area contributed by atoms with Crippen molar-refractivity contribution in [2.75, 3.05) is 0 Å². The number of fused-ring (bicyclic) bond motifs is 1. The second-order valence-electron chi connectivity index (χ2n) is 8.24. The molecule has 0 fully saturated rings. The Labute approximate surface area is 203 Å². The molecule has 0 saturated heterocycles. The smallest absolute Gasteiger partial charge is 0.335 e. The Morgan fingerprint density at radius 3 is 2.22 bits per heavy atom. The summed E-state index contributed by atoms with van der Waals surface area (Å²) in [6, 6.07) is 11.6. The molecular weight excluding hydrogens is 469 g/mol. The maximum absolute atomic E-state index is 13.5. The molecular formula is C25H22FN5O5. The Hall–Kier alpha value is -4.80. The van der Waals surface area contributed by atoms with E-state index in [1.54, 1.807) is 38.1 Å². The Morgan fingerprint density at radius 1 is 0.944 bits per heavy atom. The maximum Gasteiger partial charge on any atom is 0.335 e. The fourth-order valence-corrected chi connectivity index (χ4v) is 3.72. The normalized spacial score (nSPS) is 10.9. The van der Waals surface area contributed by atoms with Gasteiger partial charge < -0.3 is 15.7 Å². The second kappa shape index (κ2) is 9.82. The lowest BCUT2D eigenvalue weighted by atomic mass is 10.1. The highest BCUT2D eigenvalue weighted by Crippen LogP contribution is 2.13. The highest BCUT2D eigenvalue weighted by Gasteiger charge is 2.18. The number of hydrogen-bond donors (Lipinski definition) is 4. The molecule has 2 heterocycles. The molecule has 2 amide bonds. The summed E-state index contributed by atoms with van der Waals surface area (Å²) < 4.78 is 14.7. The molecule has 0 unspecified atom stereocenters. The number of carboxylic acids is 1. The van der Waals surface area contributed by atoms with E-state index >= 15 is 0 Å². The van der Waals surface area contributed by atoms with Crippen molar-refractivity contribution in [2.45, 2.75) is 26.9 Å². The standard InChI is InChI=1S/C25H22FN5O5/c1-13-7-15(3-5-17(13)25(35)36)11-27-23(33)19-9-20(31-21(29-19)10-22(32)30-31)24(34)28-12-16-4-6-18(26)14(2)8-16/h3-10H,11-12H2,1-2H3,(H,27,33)(H,28,34)(H,30,32)(H,35,36). The number of H-pyrrole nitrogens is 1. The van der Waals surface area contributed by atoms with Crippen LogP contribution in [0.3, 0.4) is 0 Å². The number of nitrogens with one attached hydrogen (secondary N) is 3. The zero-order chi connectivity index (χ0) is 26.0. The lowest BCUT2D eigenvalue weighted by molar-refractivity contribution is 0.0695. The van der Waals surface area contributed by atoms with Crippen LogP contribution in [0.25, 0.3) is 5.65 Å². The number of rotatable bonds is 7. The predicted octanol–water partition coefficient (Wildman–Crippen LogP) is 2.34. The van der Waals surface area contributed by atoms with Crippen LogP contribution in [0.1, 0.15) is 53.6 Å². The van der Waals surface area contributed by atoms with Crippen molar-refractivity contribution in [3.63, 3.8) is 0 Å². The van der Waals surface area contributed by atoms with E-state index in [1.807, 2.05) is 0 Å². The van der Waals surface area contributed by atoms with Crippen LogP contribution >= 0.6 is 0 Å². The minimum atomic E-state index is -1.04. The fraction of sp³-hybridized carbons (Fsp3) is 0.160. The van der Waals surface area contributed by atoms with Crippen molar-refractivity contribution >= 4 is 23.4 Å². The predicted molar refractivity (Wildman–Crippen MR) is 127 cm³/mol. The minimum Gasteiger partial charge on any atom is -0.478 e. The summed E-state index contributed by atoms with van der Waals surface area (Å²) in [6.45, 7) is 3.47. The van der Waals surface area contributed by atoms with Gasteiger partial charge in [-0.2, -0.15) is 0 Å². The summed E-state index contributed by atoms with van der Waals surface area (Å²) in [5, 5.41) is 17.0. The number of halogens is 1. The van der Waals surface area contributed by atoms with Gasteiger partial charge in [0.25, 0.3) is 17.4 Å². The SMILES string of the molecule is Cc1cc(CNC(=O)c2cc(C(=O)NCc3ccc(C(=O)O)c(C)c3)nc3cc(=O)[nH]n23)ccc1F. The highest BCUT2D eigenvalue weighted by atomic mass is 19.1. The third-order valence-electron chi connectivity index (χ3n) is 5.58. The molecule has 0 aliphatic heterocycles. The third-order valence-corrected chi connectivity index (χ3v) is 5.58. The van der Waals surface area contributed by atoms with Crippen LogP contribution in [-0.4, -0.2) is 37.5 Å². The summed E-state index contributed by atoms with van der Waals surface area (Å²) in [5.41, 5.74) is 1.98. The van der Waals surface area contributed by atoms with Gasteiger partial charge in [0.05, 0.1) is 5.56 Å². The number of carbonyl (C=O) groups is 3. The summed E-state index contributed by atoms with van der Waals surface area (Å²) in [5.74, 6) is -2.56. The quantitative estimate of drug-likeness (QED) is 0.312. The number of aromatic carboxylic acids is 1. The Bertz CT molecular complexity index is 1570. The number of carboxylic acid groups (broad SMARTS) is 1. The molecule has 2 aromatic heterocycles. The molecule has 0 aliphatic carbocycles. The van der Waals surface area contributed by atoms with E-state index in [-0.39, 0.29) is 41.5 Å². The van der Waals surface area contributed by atoms with Gasteiger partial charge >= 0.3 is 5.97 Å². The monoisotopic (exact) mass is 491 g/mol. The minimum absolute atomic E-state index is 0.0206. The van der Waals surface area contributed by atoms with Crippen molar-refractivity contribution in [1.29, 1.82) is 0 Å². The number of hydrogen-bond acceptors (Lipinski definition) is 5. The van der Waals surface area contributed by atoms with Crippen molar-refractivity contribution in [3.8, 4) is 0 Å². The van der Waals surface area contributed by atoms with Gasteiger partial charge in [0.15, 0.2) is 5.65 Å². The lowest BCUT2D eigenvalue weighted by Crippen LogP contribution is -2.28. The van der Waals surface area contributed by atoms with Crippen LogP contribution in [0, 0.1) is 19.7 Å². The van der Waals surface area contributed by atoms with E-state index in [1.165, 1.54) is 22.7 Å². The molecule has 0 bridgehead atoms. The summed E-state index contributed by atoms with van der Waals surface area (Å²) in [4.78, 5) is 53.0. The van der Waals surface area contributed by atoms with Gasteiger partial charge in [0.2, 0.25) is 0 Å². The molecule has 184 valence electrons. The van der Waals surface area contributed by atoms with Crippen molar-refractivity contribution in [2.24, 2.45) is 0 Å². The lowest BCUT2D eigenvalue weighted by Gasteiger charge is -2.11. The van der Waals surface area contributed by atoms with Gasteiger partial charge in [0, 0.05) is 25.2 Å². The molecule has 4 aromatic rings. The van der Waals surface area contributed by atoms with Crippen LogP contribution in [-0.2, 0) is 13.1 Å². The molecule has 2 aromatic carbocycles. The summed E-state index contributed by atoms with van der Waals surface area (Å²) in [7, 11) is 0. The first-order valence-electron chi connectivity index (χ1n) is 10.9. The molecule has 11 heteroatoms. The number of aryl methyl sites for hydroxylation is 2. The van der Waals surface area contributed by atoms with E-state index in [0.717, 1.165) is 6.07 Å². The average Bonchev–Trinajstić information content (AvgIpc) is 3.22. The summed E-state index contributed by atoms with van der Waals surface area (Å²) in [6.07, 6.45) is 0. The zero-order valence-electron chi connectivity index (χ0n) is 19.4. The van der Waals surface area contributed by atoms with Crippen molar-refractivity contribution < 1.29 is 23.9 Å². The van der Waals surface area contributed by atoms with E-state index in [4.69, 9.17) is 5.11 Å². The van der Waals surface area contributed by atoms with Crippen molar-refractivity contribution in [3.05, 3.63) is 104 Å². The van der Waals surface area contributed by atoms with Gasteiger partial charge in [-0.1, -0.05) is 24.3 Å². The highest BCUT2D eigenvalue weighted by molar-refractivity contribution is 5.98. The molecule has 4 N–H and O–H groups in total. The fourth-order valence-electron chi connectivity index (χ4n) is 3.72. The molecule has 36 heavy (non-hydrogen) atoms. The molecule has 10 nitrogen and oxygen atoms in total. The number of nitrogens with zero attached hydrogens (tertiary/aromatic N) is 2.